The topological polar surface area (TPSA) is 79.3 Å². The van der Waals surface area contributed by atoms with Crippen LogP contribution in [0.5, 0.6) is 11.5 Å². The summed E-state index contributed by atoms with van der Waals surface area (Å²) in [6.45, 7) is 7.81. The van der Waals surface area contributed by atoms with Crippen molar-refractivity contribution in [1.82, 2.24) is 9.88 Å². The highest BCUT2D eigenvalue weighted by Crippen LogP contribution is 2.27. The molecule has 2 aromatic carbocycles. The minimum Gasteiger partial charge on any atom is -0.494 e. The van der Waals surface area contributed by atoms with E-state index < -0.39 is 0 Å². The zero-order chi connectivity index (χ0) is 24.6. The first-order chi connectivity index (χ1) is 17.1. The highest BCUT2D eigenvalue weighted by Gasteiger charge is 2.22. The van der Waals surface area contributed by atoms with Crippen LogP contribution in [0.1, 0.15) is 25.8 Å². The molecular formula is C27H33N5O3. The first kappa shape index (κ1) is 24.3. The van der Waals surface area contributed by atoms with Crippen LogP contribution in [0.15, 0.2) is 53.5 Å². The second-order valence-electron chi connectivity index (χ2n) is 8.26. The summed E-state index contributed by atoms with van der Waals surface area (Å²) < 4.78 is 11.3. The lowest BCUT2D eigenvalue weighted by Gasteiger charge is -2.25. The molecule has 8 nitrogen and oxygen atoms in total. The summed E-state index contributed by atoms with van der Waals surface area (Å²) in [5.41, 5.74) is 2.55. The van der Waals surface area contributed by atoms with Crippen LogP contribution in [-0.4, -0.2) is 68.6 Å². The summed E-state index contributed by atoms with van der Waals surface area (Å²) in [5, 5.41) is 4.03. The number of ether oxygens (including phenoxy) is 2. The van der Waals surface area contributed by atoms with Crippen LogP contribution in [0.25, 0.3) is 10.9 Å². The number of fused-ring (bicyclic) bond motifs is 1. The van der Waals surface area contributed by atoms with Crippen molar-refractivity contribution in [2.75, 3.05) is 56.7 Å². The minimum absolute atomic E-state index is 0.121. The van der Waals surface area contributed by atoms with Gasteiger partial charge in [0, 0.05) is 50.4 Å². The van der Waals surface area contributed by atoms with E-state index in [0.717, 1.165) is 41.0 Å². The van der Waals surface area contributed by atoms with Gasteiger partial charge in [-0.05, 0) is 56.7 Å². The van der Waals surface area contributed by atoms with Crippen molar-refractivity contribution < 1.29 is 14.3 Å². The van der Waals surface area contributed by atoms with E-state index in [1.54, 1.807) is 7.05 Å². The molecule has 1 saturated heterocycles. The predicted octanol–water partition coefficient (Wildman–Crippen LogP) is 4.83. The molecule has 1 N–H and O–H groups in total. The van der Waals surface area contributed by atoms with Crippen molar-refractivity contribution in [3.05, 3.63) is 54.1 Å². The van der Waals surface area contributed by atoms with E-state index in [-0.39, 0.29) is 6.03 Å². The van der Waals surface area contributed by atoms with Gasteiger partial charge < -0.3 is 24.6 Å². The quantitative estimate of drug-likeness (QED) is 0.496. The number of amides is 2. The third-order valence-electron chi connectivity index (χ3n) is 5.88. The summed E-state index contributed by atoms with van der Waals surface area (Å²) in [6, 6.07) is 15.4. The molecular weight excluding hydrogens is 442 g/mol. The molecule has 1 aromatic heterocycles. The van der Waals surface area contributed by atoms with Crippen LogP contribution in [0, 0.1) is 0 Å². The maximum absolute atomic E-state index is 13.0. The Morgan fingerprint density at radius 2 is 1.89 bits per heavy atom. The molecule has 0 saturated carbocycles. The number of para-hydroxylation sites is 2. The molecule has 35 heavy (non-hydrogen) atoms. The number of carbonyl (C=O) groups excluding carboxylic acids is 1. The standard InChI is InChI=1S/C27H33N5O3/c1-4-34-22-11-12-23-20(18-22)17-21(19-28-3)26(29-23)31-13-8-14-32(16-15-31)27(33)30-24-9-6-7-10-25(24)35-5-2/h6-7,9-12,17-19H,4-5,8,13-16H2,1-3H3,(H,30,33). The Labute approximate surface area is 206 Å². The van der Waals surface area contributed by atoms with Gasteiger partial charge in [-0.15, -0.1) is 0 Å². The molecule has 184 valence electrons. The first-order valence-corrected chi connectivity index (χ1v) is 12.2. The molecule has 0 spiro atoms. The summed E-state index contributed by atoms with van der Waals surface area (Å²) >= 11 is 0. The number of pyridine rings is 1. The van der Waals surface area contributed by atoms with Crippen LogP contribution < -0.4 is 19.7 Å². The molecule has 0 bridgehead atoms. The second-order valence-corrected chi connectivity index (χ2v) is 8.26. The highest BCUT2D eigenvalue weighted by atomic mass is 16.5. The molecule has 2 amide bonds. The molecule has 8 heteroatoms. The monoisotopic (exact) mass is 475 g/mol. The van der Waals surface area contributed by atoms with Gasteiger partial charge in [-0.3, -0.25) is 4.99 Å². The zero-order valence-electron chi connectivity index (χ0n) is 20.7. The van der Waals surface area contributed by atoms with Crippen LogP contribution in [0.4, 0.5) is 16.3 Å². The number of urea groups is 1. The minimum atomic E-state index is -0.121. The van der Waals surface area contributed by atoms with E-state index in [1.807, 2.05) is 67.4 Å². The van der Waals surface area contributed by atoms with E-state index in [2.05, 4.69) is 21.3 Å². The predicted molar refractivity (Wildman–Crippen MR) is 141 cm³/mol. The van der Waals surface area contributed by atoms with E-state index in [9.17, 15) is 4.79 Å². The fourth-order valence-electron chi connectivity index (χ4n) is 4.28. The zero-order valence-corrected chi connectivity index (χ0v) is 20.7. The Morgan fingerprint density at radius 1 is 1.06 bits per heavy atom. The third kappa shape index (κ3) is 5.82. The van der Waals surface area contributed by atoms with Crippen molar-refractivity contribution in [3.8, 4) is 11.5 Å². The van der Waals surface area contributed by atoms with Crippen molar-refractivity contribution in [2.45, 2.75) is 20.3 Å². The van der Waals surface area contributed by atoms with Crippen molar-refractivity contribution >= 4 is 34.7 Å². The summed E-state index contributed by atoms with van der Waals surface area (Å²) in [6.07, 6.45) is 2.68. The first-order valence-electron chi connectivity index (χ1n) is 12.2. The van der Waals surface area contributed by atoms with Gasteiger partial charge in [0.25, 0.3) is 0 Å². The van der Waals surface area contributed by atoms with Gasteiger partial charge in [0.1, 0.15) is 17.3 Å². The Morgan fingerprint density at radius 3 is 2.69 bits per heavy atom. The van der Waals surface area contributed by atoms with Gasteiger partial charge in [0.05, 0.1) is 24.4 Å². The van der Waals surface area contributed by atoms with Crippen LogP contribution in [-0.2, 0) is 0 Å². The van der Waals surface area contributed by atoms with E-state index in [4.69, 9.17) is 14.5 Å². The van der Waals surface area contributed by atoms with Crippen molar-refractivity contribution in [3.63, 3.8) is 0 Å². The number of nitrogens with zero attached hydrogens (tertiary/aromatic N) is 4. The summed E-state index contributed by atoms with van der Waals surface area (Å²) in [5.74, 6) is 2.39. The van der Waals surface area contributed by atoms with Gasteiger partial charge in [-0.2, -0.15) is 0 Å². The number of anilines is 2. The fourth-order valence-corrected chi connectivity index (χ4v) is 4.28. The number of rotatable bonds is 7. The molecule has 0 unspecified atom stereocenters. The number of hydrogen-bond donors (Lipinski definition) is 1. The Balaban J connectivity index is 1.51. The average Bonchev–Trinajstić information content (AvgIpc) is 3.12. The lowest BCUT2D eigenvalue weighted by molar-refractivity contribution is 0.215. The van der Waals surface area contributed by atoms with Gasteiger partial charge in [0.2, 0.25) is 0 Å². The fraction of sp³-hybridized carbons (Fsp3) is 0.370. The van der Waals surface area contributed by atoms with E-state index in [1.165, 1.54) is 0 Å². The molecule has 3 aromatic rings. The van der Waals surface area contributed by atoms with Gasteiger partial charge in [-0.25, -0.2) is 9.78 Å². The Hall–Kier alpha value is -3.81. The summed E-state index contributed by atoms with van der Waals surface area (Å²) in [4.78, 5) is 26.4. The van der Waals surface area contributed by atoms with Crippen LogP contribution in [0.3, 0.4) is 0 Å². The SMILES string of the molecule is CCOc1ccc2nc(N3CCCN(C(=O)Nc4ccccc4OCC)CC3)c(C=NC)cc2c1. The van der Waals surface area contributed by atoms with Crippen molar-refractivity contribution in [2.24, 2.45) is 4.99 Å². The third-order valence-corrected chi connectivity index (χ3v) is 5.88. The molecule has 1 fully saturated rings. The molecule has 1 aliphatic rings. The van der Waals surface area contributed by atoms with E-state index >= 15 is 0 Å². The average molecular weight is 476 g/mol. The van der Waals surface area contributed by atoms with E-state index in [0.29, 0.717) is 44.3 Å². The normalized spacial score (nSPS) is 14.3. The number of aromatic nitrogens is 1. The smallest absolute Gasteiger partial charge is 0.322 e. The lowest BCUT2D eigenvalue weighted by atomic mass is 10.1. The molecule has 0 aliphatic carbocycles. The molecule has 0 atom stereocenters. The van der Waals surface area contributed by atoms with Gasteiger partial charge >= 0.3 is 6.03 Å². The number of benzene rings is 2. The highest BCUT2D eigenvalue weighted by molar-refractivity contribution is 5.94. The lowest BCUT2D eigenvalue weighted by Crippen LogP contribution is -2.38. The number of nitrogens with one attached hydrogen (secondary N) is 1. The maximum atomic E-state index is 13.0. The molecule has 0 radical (unpaired) electrons. The Kier molecular flexibility index (Phi) is 8.03. The van der Waals surface area contributed by atoms with Gasteiger partial charge in [0.15, 0.2) is 0 Å². The summed E-state index contributed by atoms with van der Waals surface area (Å²) in [7, 11) is 1.76. The largest absolute Gasteiger partial charge is 0.494 e. The van der Waals surface area contributed by atoms with Gasteiger partial charge in [-0.1, -0.05) is 12.1 Å². The second kappa shape index (κ2) is 11.6. The number of carbonyl (C=O) groups is 1. The van der Waals surface area contributed by atoms with Crippen LogP contribution in [0.2, 0.25) is 0 Å². The van der Waals surface area contributed by atoms with Crippen molar-refractivity contribution in [1.29, 1.82) is 0 Å². The Bertz CT molecular complexity index is 1200. The maximum Gasteiger partial charge on any atom is 0.322 e. The molecule has 1 aliphatic heterocycles. The van der Waals surface area contributed by atoms with Crippen LogP contribution >= 0.6 is 0 Å². The molecule has 2 heterocycles. The number of hydrogen-bond acceptors (Lipinski definition) is 6. The molecule has 4 rings (SSSR count). The number of aliphatic imine (C=N–C) groups is 1.